The lowest BCUT2D eigenvalue weighted by molar-refractivity contribution is 0.626. The van der Waals surface area contributed by atoms with Gasteiger partial charge in [-0.3, -0.25) is 4.98 Å². The zero-order chi connectivity index (χ0) is 30.9. The van der Waals surface area contributed by atoms with Crippen molar-refractivity contribution in [3.05, 3.63) is 180 Å². The highest BCUT2D eigenvalue weighted by Crippen LogP contribution is 2.26. The molecule has 0 atom stereocenters. The van der Waals surface area contributed by atoms with Gasteiger partial charge in [0.15, 0.2) is 0 Å². The molecule has 0 fully saturated rings. The highest BCUT2D eigenvalue weighted by molar-refractivity contribution is 5.79. The van der Waals surface area contributed by atoms with Crippen LogP contribution in [0.3, 0.4) is 0 Å². The lowest BCUT2D eigenvalue weighted by atomic mass is 9.96. The van der Waals surface area contributed by atoms with Gasteiger partial charge in [0.05, 0.1) is 0 Å². The maximum atomic E-state index is 12.9. The summed E-state index contributed by atoms with van der Waals surface area (Å²) in [7, 11) is 0. The summed E-state index contributed by atoms with van der Waals surface area (Å²) in [5, 5.41) is 0. The largest absolute Gasteiger partial charge is 0.264 e. The van der Waals surface area contributed by atoms with Gasteiger partial charge in [-0.05, 0) is 91.3 Å². The molecule has 0 radical (unpaired) electrons. The zero-order valence-corrected chi connectivity index (χ0v) is 25.8. The summed E-state index contributed by atoms with van der Waals surface area (Å²) in [5.41, 5.74) is 11.0. The monoisotopic (exact) mass is 557 g/mol. The topological polar surface area (TPSA) is 12.9 Å². The van der Waals surface area contributed by atoms with Crippen molar-refractivity contribution < 1.29 is 4.39 Å². The normalized spacial score (nSPS) is 10.7. The molecule has 3 aromatic carbocycles. The van der Waals surface area contributed by atoms with Crippen LogP contribution in [0.25, 0.3) is 16.7 Å². The molecule has 4 aromatic rings. The maximum absolute atomic E-state index is 12.9. The first-order valence-corrected chi connectivity index (χ1v) is 14.4. The minimum Gasteiger partial charge on any atom is -0.264 e. The fraction of sp³-hybridized carbons (Fsp3) is 0.175. The zero-order valence-electron chi connectivity index (χ0n) is 25.8. The van der Waals surface area contributed by atoms with Gasteiger partial charge in [0, 0.05) is 18.0 Å². The maximum Gasteiger partial charge on any atom is 0.123 e. The molecule has 0 saturated heterocycles. The van der Waals surface area contributed by atoms with Crippen LogP contribution < -0.4 is 0 Å². The molecule has 0 unspecified atom stereocenters. The SMILES string of the molecule is C=C(/C=C\C(C)=C/C)Cc1cccc(F)c1.C=C(C)C(=C)c1cccc(-c2cncc(Cc3ccccc3)c2)c1.CC. The van der Waals surface area contributed by atoms with Gasteiger partial charge in [-0.25, -0.2) is 4.39 Å². The Balaban J connectivity index is 0.000000299. The average molecular weight is 558 g/mol. The van der Waals surface area contributed by atoms with E-state index in [1.807, 2.05) is 77.4 Å². The van der Waals surface area contributed by atoms with Gasteiger partial charge in [0.2, 0.25) is 0 Å². The van der Waals surface area contributed by atoms with Gasteiger partial charge >= 0.3 is 0 Å². The van der Waals surface area contributed by atoms with Gasteiger partial charge in [-0.2, -0.15) is 0 Å². The first-order valence-electron chi connectivity index (χ1n) is 14.4. The van der Waals surface area contributed by atoms with Crippen molar-refractivity contribution in [2.24, 2.45) is 0 Å². The number of nitrogens with zero attached hydrogens (tertiary/aromatic N) is 1. The lowest BCUT2D eigenvalue weighted by Crippen LogP contribution is -1.91. The fourth-order valence-electron chi connectivity index (χ4n) is 4.02. The van der Waals surface area contributed by atoms with Crippen LogP contribution in [-0.2, 0) is 12.8 Å². The number of benzene rings is 3. The number of hydrogen-bond donors (Lipinski definition) is 0. The first-order chi connectivity index (χ1) is 20.2. The first kappa shape index (κ1) is 33.6. The van der Waals surface area contributed by atoms with Crippen molar-refractivity contribution >= 4 is 5.57 Å². The second kappa shape index (κ2) is 18.0. The predicted octanol–water partition coefficient (Wildman–Crippen LogP) is 11.4. The van der Waals surface area contributed by atoms with Crippen LogP contribution in [0.1, 0.15) is 56.9 Å². The van der Waals surface area contributed by atoms with Crippen molar-refractivity contribution in [2.45, 2.75) is 47.5 Å². The smallest absolute Gasteiger partial charge is 0.123 e. The molecule has 42 heavy (non-hydrogen) atoms. The van der Waals surface area contributed by atoms with E-state index in [4.69, 9.17) is 0 Å². The summed E-state index contributed by atoms with van der Waals surface area (Å²) in [6, 6.07) is 27.7. The van der Waals surface area contributed by atoms with Crippen molar-refractivity contribution in [2.75, 3.05) is 0 Å². The van der Waals surface area contributed by atoms with E-state index in [0.717, 1.165) is 45.4 Å². The number of pyridine rings is 1. The molecule has 0 aliphatic carbocycles. The number of halogens is 1. The Labute approximate surface area is 253 Å². The molecule has 2 heteroatoms. The Morgan fingerprint density at radius 3 is 2.10 bits per heavy atom. The summed E-state index contributed by atoms with van der Waals surface area (Å²) in [5.74, 6) is -0.195. The Hall–Kier alpha value is -4.56. The molecule has 0 aliphatic heterocycles. The van der Waals surface area contributed by atoms with Crippen molar-refractivity contribution in [3.8, 4) is 11.1 Å². The van der Waals surface area contributed by atoms with Crippen molar-refractivity contribution in [1.29, 1.82) is 0 Å². The van der Waals surface area contributed by atoms with Crippen LogP contribution in [0.15, 0.2) is 152 Å². The summed E-state index contributed by atoms with van der Waals surface area (Å²) < 4.78 is 12.9. The molecule has 1 nitrogen and oxygen atoms in total. The van der Waals surface area contributed by atoms with Crippen LogP contribution in [0.5, 0.6) is 0 Å². The Kier molecular flexibility index (Phi) is 14.4. The standard InChI is InChI=1S/C23H21N.C15H17F.C2H6/c1-17(2)18(3)21-10-7-11-22(14-21)23-13-20(15-24-16-23)12-19-8-5-4-6-9-19;1-4-12(2)8-9-13(3)10-14-6-5-7-15(16)11-14;1-2/h4-11,13-16H,1,3,12H2,2H3;4-9,11H,3,10H2,1-2H3;1-2H3/b;9-8-,12-4-;. The van der Waals surface area contributed by atoms with Gasteiger partial charge in [-0.15, -0.1) is 0 Å². The van der Waals surface area contributed by atoms with E-state index in [2.05, 4.69) is 79.3 Å². The van der Waals surface area contributed by atoms with E-state index in [1.54, 1.807) is 12.1 Å². The third-order valence-corrected chi connectivity index (χ3v) is 6.46. The van der Waals surface area contributed by atoms with Gasteiger partial charge in [0.25, 0.3) is 0 Å². The van der Waals surface area contributed by atoms with Crippen LogP contribution in [-0.4, -0.2) is 4.98 Å². The van der Waals surface area contributed by atoms with Crippen molar-refractivity contribution in [1.82, 2.24) is 4.98 Å². The summed E-state index contributed by atoms with van der Waals surface area (Å²) in [6.07, 6.45) is 11.4. The molecule has 0 N–H and O–H groups in total. The van der Waals surface area contributed by atoms with Crippen LogP contribution >= 0.6 is 0 Å². The molecule has 0 spiro atoms. The molecule has 4 rings (SSSR count). The van der Waals surface area contributed by atoms with Crippen LogP contribution in [0.2, 0.25) is 0 Å². The summed E-state index contributed by atoms with van der Waals surface area (Å²) in [4.78, 5) is 4.43. The third-order valence-electron chi connectivity index (χ3n) is 6.46. The molecular weight excluding hydrogens is 513 g/mol. The average Bonchev–Trinajstić information content (AvgIpc) is 3.01. The molecule has 0 aliphatic rings. The number of hydrogen-bond acceptors (Lipinski definition) is 1. The summed E-state index contributed by atoms with van der Waals surface area (Å²) in [6.45, 7) is 22.1. The predicted molar refractivity (Wildman–Crippen MR) is 182 cm³/mol. The van der Waals surface area contributed by atoms with Gasteiger partial charge in [0.1, 0.15) is 5.82 Å². The van der Waals surface area contributed by atoms with E-state index < -0.39 is 0 Å². The van der Waals surface area contributed by atoms with E-state index in [1.165, 1.54) is 22.8 Å². The number of allylic oxidation sites excluding steroid dienone is 7. The molecule has 0 bridgehead atoms. The molecule has 0 saturated carbocycles. The summed E-state index contributed by atoms with van der Waals surface area (Å²) >= 11 is 0. The molecule has 1 aromatic heterocycles. The minimum atomic E-state index is -0.195. The number of rotatable bonds is 9. The third kappa shape index (κ3) is 11.5. The number of aromatic nitrogens is 1. The molecular formula is C40H44FN. The molecule has 216 valence electrons. The van der Waals surface area contributed by atoms with Crippen LogP contribution in [0.4, 0.5) is 4.39 Å². The van der Waals surface area contributed by atoms with Gasteiger partial charge < -0.3 is 0 Å². The molecule has 1 heterocycles. The Morgan fingerprint density at radius 1 is 0.738 bits per heavy atom. The second-order valence-corrected chi connectivity index (χ2v) is 9.91. The van der Waals surface area contributed by atoms with E-state index in [9.17, 15) is 4.39 Å². The van der Waals surface area contributed by atoms with Crippen LogP contribution in [0, 0.1) is 5.82 Å². The highest BCUT2D eigenvalue weighted by atomic mass is 19.1. The second-order valence-electron chi connectivity index (χ2n) is 9.91. The van der Waals surface area contributed by atoms with E-state index in [0.29, 0.717) is 6.42 Å². The van der Waals surface area contributed by atoms with E-state index >= 15 is 0 Å². The Bertz CT molecular complexity index is 1520. The van der Waals surface area contributed by atoms with E-state index in [-0.39, 0.29) is 5.82 Å². The quantitative estimate of drug-likeness (QED) is 0.187. The van der Waals surface area contributed by atoms with Gasteiger partial charge in [-0.1, -0.05) is 129 Å². The lowest BCUT2D eigenvalue weighted by Gasteiger charge is -2.09. The highest BCUT2D eigenvalue weighted by Gasteiger charge is 2.05. The Morgan fingerprint density at radius 2 is 1.43 bits per heavy atom. The minimum absolute atomic E-state index is 0.195. The molecule has 0 amide bonds. The fourth-order valence-corrected chi connectivity index (χ4v) is 4.02. The van der Waals surface area contributed by atoms with Crippen molar-refractivity contribution in [3.63, 3.8) is 0 Å².